The molecule has 0 atom stereocenters. The minimum Gasteiger partial charge on any atom is -0.383 e. The number of nitrogens with zero attached hydrogens (tertiary/aromatic N) is 4. The summed E-state index contributed by atoms with van der Waals surface area (Å²) >= 11 is 1.47. The van der Waals surface area contributed by atoms with Crippen molar-refractivity contribution < 1.29 is 9.59 Å². The Morgan fingerprint density at radius 1 is 1.30 bits per heavy atom. The monoisotopic (exact) mass is 291 g/mol. The predicted octanol–water partition coefficient (Wildman–Crippen LogP) is 0.0741. The number of carbonyl (C=O) groups excluding carboxylic acids is 2. The van der Waals surface area contributed by atoms with E-state index in [1.54, 1.807) is 7.05 Å². The Morgan fingerprint density at radius 3 is 2.90 bits per heavy atom. The topological polar surface area (TPSA) is 92.4 Å². The Kier molecular flexibility index (Phi) is 3.01. The van der Waals surface area contributed by atoms with E-state index in [0.29, 0.717) is 24.7 Å². The Morgan fingerprint density at radius 2 is 2.10 bits per heavy atom. The van der Waals surface area contributed by atoms with Crippen LogP contribution in [0.25, 0.3) is 10.2 Å². The van der Waals surface area contributed by atoms with Gasteiger partial charge in [0.25, 0.3) is 0 Å². The number of rotatable bonds is 2. The standard InChI is InChI=1S/C12H13N5O2S/c1-16-3-4-17(12(19)11(16)18)6-8-14-9(13)7-2-5-20-10(7)15-8/h2,5H,3-4,6H2,1H3,(H2,13,14,15). The number of hydrogen-bond acceptors (Lipinski definition) is 6. The molecule has 0 saturated carbocycles. The molecule has 2 N–H and O–H groups in total. The Labute approximate surface area is 119 Å². The summed E-state index contributed by atoms with van der Waals surface area (Å²) in [7, 11) is 1.61. The molecule has 104 valence electrons. The molecule has 2 aromatic heterocycles. The van der Waals surface area contributed by atoms with E-state index >= 15 is 0 Å². The number of fused-ring (bicyclic) bond motifs is 1. The van der Waals surface area contributed by atoms with Gasteiger partial charge < -0.3 is 15.5 Å². The average Bonchev–Trinajstić information content (AvgIpc) is 2.88. The molecule has 1 saturated heterocycles. The maximum absolute atomic E-state index is 11.9. The average molecular weight is 291 g/mol. The minimum absolute atomic E-state index is 0.205. The predicted molar refractivity (Wildman–Crippen MR) is 74.9 cm³/mol. The van der Waals surface area contributed by atoms with E-state index < -0.39 is 11.8 Å². The van der Waals surface area contributed by atoms with Gasteiger partial charge in [-0.1, -0.05) is 0 Å². The molecule has 0 bridgehead atoms. The van der Waals surface area contributed by atoms with Gasteiger partial charge in [-0.3, -0.25) is 9.59 Å². The van der Waals surface area contributed by atoms with Crippen LogP contribution in [-0.2, 0) is 16.1 Å². The maximum Gasteiger partial charge on any atom is 0.312 e. The van der Waals surface area contributed by atoms with Crippen LogP contribution in [0.2, 0.25) is 0 Å². The van der Waals surface area contributed by atoms with Crippen LogP contribution in [0.1, 0.15) is 5.82 Å². The number of carbonyl (C=O) groups is 2. The number of nitrogen functional groups attached to an aromatic ring is 1. The van der Waals surface area contributed by atoms with E-state index in [1.165, 1.54) is 21.1 Å². The molecular formula is C12H13N5O2S. The van der Waals surface area contributed by atoms with Crippen molar-refractivity contribution in [1.82, 2.24) is 19.8 Å². The summed E-state index contributed by atoms with van der Waals surface area (Å²) in [6.07, 6.45) is 0. The zero-order valence-corrected chi connectivity index (χ0v) is 11.7. The lowest BCUT2D eigenvalue weighted by Crippen LogP contribution is -2.52. The highest BCUT2D eigenvalue weighted by atomic mass is 32.1. The fourth-order valence-corrected chi connectivity index (χ4v) is 2.88. The summed E-state index contributed by atoms with van der Waals surface area (Å²) < 4.78 is 0. The van der Waals surface area contributed by atoms with E-state index in [4.69, 9.17) is 5.73 Å². The van der Waals surface area contributed by atoms with Crippen molar-refractivity contribution in [1.29, 1.82) is 0 Å². The van der Waals surface area contributed by atoms with Gasteiger partial charge in [-0.15, -0.1) is 11.3 Å². The lowest BCUT2D eigenvalue weighted by atomic mass is 10.3. The third-order valence-electron chi connectivity index (χ3n) is 3.26. The zero-order valence-electron chi connectivity index (χ0n) is 10.9. The highest BCUT2D eigenvalue weighted by Gasteiger charge is 2.30. The second-order valence-corrected chi connectivity index (χ2v) is 5.51. The van der Waals surface area contributed by atoms with E-state index in [2.05, 4.69) is 9.97 Å². The maximum atomic E-state index is 11.9. The number of anilines is 1. The normalized spacial score (nSPS) is 16.2. The van der Waals surface area contributed by atoms with E-state index in [-0.39, 0.29) is 6.54 Å². The lowest BCUT2D eigenvalue weighted by Gasteiger charge is -2.30. The highest BCUT2D eigenvalue weighted by molar-refractivity contribution is 7.16. The van der Waals surface area contributed by atoms with Crippen molar-refractivity contribution >= 4 is 39.2 Å². The van der Waals surface area contributed by atoms with Gasteiger partial charge in [0.1, 0.15) is 10.6 Å². The van der Waals surface area contributed by atoms with Crippen molar-refractivity contribution in [2.75, 3.05) is 25.9 Å². The molecule has 0 spiro atoms. The van der Waals surface area contributed by atoms with E-state index in [9.17, 15) is 9.59 Å². The summed E-state index contributed by atoms with van der Waals surface area (Å²) in [6, 6.07) is 1.86. The van der Waals surface area contributed by atoms with Gasteiger partial charge in [0.15, 0.2) is 5.82 Å². The number of piperazine rings is 1. The number of likely N-dealkylation sites (N-methyl/N-ethyl adjacent to an activating group) is 1. The first kappa shape index (κ1) is 12.8. The molecule has 1 fully saturated rings. The first-order valence-corrected chi connectivity index (χ1v) is 6.98. The zero-order chi connectivity index (χ0) is 14.3. The number of amides is 2. The number of hydrogen-bond donors (Lipinski definition) is 1. The molecule has 20 heavy (non-hydrogen) atoms. The Bertz CT molecular complexity index is 698. The van der Waals surface area contributed by atoms with E-state index in [0.717, 1.165) is 10.2 Å². The molecule has 3 heterocycles. The first-order chi connectivity index (χ1) is 9.56. The van der Waals surface area contributed by atoms with Gasteiger partial charge in [0.2, 0.25) is 0 Å². The third kappa shape index (κ3) is 2.07. The molecule has 0 aromatic carbocycles. The molecule has 1 aliphatic heterocycles. The first-order valence-electron chi connectivity index (χ1n) is 6.10. The lowest BCUT2D eigenvalue weighted by molar-refractivity contribution is -0.155. The van der Waals surface area contributed by atoms with Crippen molar-refractivity contribution in [2.24, 2.45) is 0 Å². The molecule has 8 heteroatoms. The van der Waals surface area contributed by atoms with Crippen molar-refractivity contribution in [3.63, 3.8) is 0 Å². The molecule has 2 amide bonds. The molecule has 1 aliphatic rings. The molecule has 0 radical (unpaired) electrons. The smallest absolute Gasteiger partial charge is 0.312 e. The fraction of sp³-hybridized carbons (Fsp3) is 0.333. The van der Waals surface area contributed by atoms with Crippen molar-refractivity contribution in [3.8, 4) is 0 Å². The molecule has 0 aliphatic carbocycles. The Hall–Kier alpha value is -2.22. The summed E-state index contributed by atoms with van der Waals surface area (Å²) in [4.78, 5) is 35.8. The number of nitrogens with two attached hydrogens (primary N) is 1. The van der Waals surface area contributed by atoms with Gasteiger partial charge in [0, 0.05) is 20.1 Å². The van der Waals surface area contributed by atoms with Crippen LogP contribution in [0.3, 0.4) is 0 Å². The van der Waals surface area contributed by atoms with Gasteiger partial charge in [-0.2, -0.15) is 0 Å². The summed E-state index contributed by atoms with van der Waals surface area (Å²) in [6.45, 7) is 1.20. The van der Waals surface area contributed by atoms with Crippen LogP contribution in [-0.4, -0.2) is 51.7 Å². The Balaban J connectivity index is 1.86. The van der Waals surface area contributed by atoms with Crippen LogP contribution >= 0.6 is 11.3 Å². The van der Waals surface area contributed by atoms with Crippen molar-refractivity contribution in [3.05, 3.63) is 17.3 Å². The molecule has 0 unspecified atom stereocenters. The molecule has 2 aromatic rings. The van der Waals surface area contributed by atoms with Gasteiger partial charge in [-0.25, -0.2) is 9.97 Å². The quantitative estimate of drug-likeness (QED) is 0.791. The summed E-state index contributed by atoms with van der Waals surface area (Å²) in [5.74, 6) is -0.157. The van der Waals surface area contributed by atoms with Crippen LogP contribution in [0.5, 0.6) is 0 Å². The van der Waals surface area contributed by atoms with E-state index in [1.807, 2.05) is 11.4 Å². The highest BCUT2D eigenvalue weighted by Crippen LogP contribution is 2.23. The summed E-state index contributed by atoms with van der Waals surface area (Å²) in [5.41, 5.74) is 5.87. The van der Waals surface area contributed by atoms with Crippen LogP contribution in [0.15, 0.2) is 11.4 Å². The SMILES string of the molecule is CN1CCN(Cc2nc(N)c3ccsc3n2)C(=O)C1=O. The second kappa shape index (κ2) is 4.71. The number of aromatic nitrogens is 2. The van der Waals surface area contributed by atoms with Crippen LogP contribution in [0.4, 0.5) is 5.82 Å². The third-order valence-corrected chi connectivity index (χ3v) is 4.06. The van der Waals surface area contributed by atoms with Crippen LogP contribution in [0, 0.1) is 0 Å². The second-order valence-electron chi connectivity index (χ2n) is 4.62. The number of thiophene rings is 1. The molecule has 3 rings (SSSR count). The van der Waals surface area contributed by atoms with Crippen LogP contribution < -0.4 is 5.73 Å². The summed E-state index contributed by atoms with van der Waals surface area (Å²) in [5, 5.41) is 2.71. The minimum atomic E-state index is -0.521. The van der Waals surface area contributed by atoms with Gasteiger partial charge in [-0.05, 0) is 11.4 Å². The van der Waals surface area contributed by atoms with Gasteiger partial charge in [0.05, 0.1) is 11.9 Å². The molecule has 7 nitrogen and oxygen atoms in total. The van der Waals surface area contributed by atoms with Gasteiger partial charge >= 0.3 is 11.8 Å². The molecular weight excluding hydrogens is 278 g/mol. The largest absolute Gasteiger partial charge is 0.383 e. The van der Waals surface area contributed by atoms with Crippen molar-refractivity contribution in [2.45, 2.75) is 6.54 Å². The fourth-order valence-electron chi connectivity index (χ4n) is 2.09.